The number of amides is 2. The van der Waals surface area contributed by atoms with E-state index in [0.29, 0.717) is 6.42 Å². The van der Waals surface area contributed by atoms with Gasteiger partial charge in [-0.25, -0.2) is 0 Å². The monoisotopic (exact) mass is 274 g/mol. The number of piperazine rings is 1. The third-order valence-corrected chi connectivity index (χ3v) is 4.30. The molecule has 1 aliphatic rings. The van der Waals surface area contributed by atoms with Crippen LogP contribution in [-0.2, 0) is 9.59 Å². The number of anilines is 1. The fourth-order valence-electron chi connectivity index (χ4n) is 2.45. The molecule has 1 aromatic heterocycles. The molecule has 3 rings (SSSR count). The maximum Gasteiger partial charge on any atom is 0.247 e. The first-order valence-electron chi connectivity index (χ1n) is 6.27. The van der Waals surface area contributed by atoms with Gasteiger partial charge in [-0.2, -0.15) is 0 Å². The molecule has 1 aliphatic heterocycles. The smallest absolute Gasteiger partial charge is 0.247 e. The van der Waals surface area contributed by atoms with Crippen molar-refractivity contribution in [3.8, 4) is 0 Å². The number of nitrogens with one attached hydrogen (secondary N) is 1. The Morgan fingerprint density at radius 3 is 3.00 bits per heavy atom. The van der Waals surface area contributed by atoms with Crippen molar-refractivity contribution >= 4 is 38.9 Å². The maximum absolute atomic E-state index is 12.1. The molecule has 98 valence electrons. The van der Waals surface area contributed by atoms with Gasteiger partial charge in [-0.1, -0.05) is 6.92 Å². The average molecular weight is 274 g/mol. The van der Waals surface area contributed by atoms with E-state index in [4.69, 9.17) is 0 Å². The Morgan fingerprint density at radius 1 is 1.37 bits per heavy atom. The number of hydrogen-bond acceptors (Lipinski definition) is 3. The van der Waals surface area contributed by atoms with Gasteiger partial charge >= 0.3 is 0 Å². The summed E-state index contributed by atoms with van der Waals surface area (Å²) in [5.41, 5.74) is 0.803. The van der Waals surface area contributed by atoms with Crippen LogP contribution in [0.25, 0.3) is 10.1 Å². The minimum absolute atomic E-state index is 0.0546. The molecule has 1 fully saturated rings. The lowest BCUT2D eigenvalue weighted by Gasteiger charge is -2.34. The van der Waals surface area contributed by atoms with Gasteiger partial charge in [0.2, 0.25) is 11.8 Å². The second-order valence-electron chi connectivity index (χ2n) is 4.55. The zero-order valence-electron chi connectivity index (χ0n) is 10.6. The first kappa shape index (κ1) is 12.2. The molecule has 1 aromatic carbocycles. The van der Waals surface area contributed by atoms with Crippen molar-refractivity contribution in [3.05, 3.63) is 29.6 Å². The van der Waals surface area contributed by atoms with Crippen LogP contribution in [0.15, 0.2) is 29.6 Å². The van der Waals surface area contributed by atoms with Crippen LogP contribution in [-0.4, -0.2) is 24.4 Å². The highest BCUT2D eigenvalue weighted by Gasteiger charge is 2.34. The lowest BCUT2D eigenvalue weighted by Crippen LogP contribution is -2.58. The number of nitrogens with zero attached hydrogens (tertiary/aromatic N) is 1. The molecule has 0 radical (unpaired) electrons. The third-order valence-electron chi connectivity index (χ3n) is 3.40. The van der Waals surface area contributed by atoms with E-state index in [1.165, 1.54) is 4.70 Å². The number of hydrogen-bond donors (Lipinski definition) is 1. The van der Waals surface area contributed by atoms with E-state index in [2.05, 4.69) is 5.32 Å². The summed E-state index contributed by atoms with van der Waals surface area (Å²) in [4.78, 5) is 25.6. The Balaban J connectivity index is 2.05. The van der Waals surface area contributed by atoms with Crippen molar-refractivity contribution in [1.82, 2.24) is 5.32 Å². The van der Waals surface area contributed by atoms with Crippen LogP contribution in [0.2, 0.25) is 0 Å². The van der Waals surface area contributed by atoms with Crippen LogP contribution in [0.1, 0.15) is 13.3 Å². The molecular weight excluding hydrogens is 260 g/mol. The van der Waals surface area contributed by atoms with Crippen molar-refractivity contribution in [1.29, 1.82) is 0 Å². The summed E-state index contributed by atoms with van der Waals surface area (Å²) in [6, 6.07) is 7.52. The minimum Gasteiger partial charge on any atom is -0.345 e. The van der Waals surface area contributed by atoms with Crippen LogP contribution in [0.4, 0.5) is 5.69 Å². The number of benzene rings is 1. The molecule has 5 heteroatoms. The first-order chi connectivity index (χ1) is 9.20. The van der Waals surface area contributed by atoms with Gasteiger partial charge in [-0.15, -0.1) is 11.3 Å². The van der Waals surface area contributed by atoms with Gasteiger partial charge in [0, 0.05) is 10.4 Å². The number of carbonyl (C=O) groups is 2. The largest absolute Gasteiger partial charge is 0.345 e. The molecule has 0 spiro atoms. The number of thiophene rings is 1. The second kappa shape index (κ2) is 4.66. The van der Waals surface area contributed by atoms with Crippen LogP contribution >= 0.6 is 11.3 Å². The molecule has 0 bridgehead atoms. The van der Waals surface area contributed by atoms with Gasteiger partial charge in [0.05, 0.1) is 6.54 Å². The summed E-state index contributed by atoms with van der Waals surface area (Å²) in [7, 11) is 0. The molecule has 2 heterocycles. The van der Waals surface area contributed by atoms with E-state index >= 15 is 0 Å². The Morgan fingerprint density at radius 2 is 2.21 bits per heavy atom. The highest BCUT2D eigenvalue weighted by atomic mass is 32.1. The summed E-state index contributed by atoms with van der Waals surface area (Å²) in [5.74, 6) is -0.131. The highest BCUT2D eigenvalue weighted by molar-refractivity contribution is 7.17. The van der Waals surface area contributed by atoms with Crippen LogP contribution < -0.4 is 10.2 Å². The summed E-state index contributed by atoms with van der Waals surface area (Å²) in [5, 5.41) is 5.77. The zero-order chi connectivity index (χ0) is 13.4. The van der Waals surface area contributed by atoms with E-state index in [9.17, 15) is 9.59 Å². The van der Waals surface area contributed by atoms with E-state index in [-0.39, 0.29) is 18.4 Å². The van der Waals surface area contributed by atoms with Crippen LogP contribution in [0, 0.1) is 0 Å². The van der Waals surface area contributed by atoms with Gasteiger partial charge in [-0.3, -0.25) is 14.5 Å². The van der Waals surface area contributed by atoms with Crippen molar-refractivity contribution in [3.63, 3.8) is 0 Å². The topological polar surface area (TPSA) is 49.4 Å². The molecule has 1 atom stereocenters. The predicted octanol–water partition coefficient (Wildman–Crippen LogP) is 2.14. The molecule has 2 aromatic rings. The van der Waals surface area contributed by atoms with Crippen LogP contribution in [0.3, 0.4) is 0 Å². The maximum atomic E-state index is 12.1. The van der Waals surface area contributed by atoms with E-state index in [1.807, 2.05) is 36.6 Å². The number of fused-ring (bicyclic) bond motifs is 1. The second-order valence-corrected chi connectivity index (χ2v) is 5.50. The zero-order valence-corrected chi connectivity index (χ0v) is 11.4. The standard InChI is InChI=1S/C14H14N2O2S/c1-2-11-14(18)15-8-13(17)16(11)10-3-4-12-9(7-10)5-6-19-12/h3-7,11H,2,8H2,1H3,(H,15,18). The summed E-state index contributed by atoms with van der Waals surface area (Å²) >= 11 is 1.67. The average Bonchev–Trinajstić information content (AvgIpc) is 2.88. The molecule has 1 saturated heterocycles. The van der Waals surface area contributed by atoms with Gasteiger partial charge in [0.1, 0.15) is 6.04 Å². The van der Waals surface area contributed by atoms with Gasteiger partial charge in [0.15, 0.2) is 0 Å². The van der Waals surface area contributed by atoms with Crippen molar-refractivity contribution < 1.29 is 9.59 Å². The molecule has 2 amide bonds. The van der Waals surface area contributed by atoms with Crippen molar-refractivity contribution in [2.75, 3.05) is 11.4 Å². The Bertz CT molecular complexity index is 650. The van der Waals surface area contributed by atoms with Gasteiger partial charge in [0.25, 0.3) is 0 Å². The quantitative estimate of drug-likeness (QED) is 0.912. The predicted molar refractivity (Wildman–Crippen MR) is 76.4 cm³/mol. The Labute approximate surface area is 115 Å². The summed E-state index contributed by atoms with van der Waals surface area (Å²) in [6.07, 6.45) is 0.610. The summed E-state index contributed by atoms with van der Waals surface area (Å²) in [6.45, 7) is 2.00. The first-order valence-corrected chi connectivity index (χ1v) is 7.15. The number of carbonyl (C=O) groups excluding carboxylic acids is 2. The molecule has 0 saturated carbocycles. The molecule has 0 aliphatic carbocycles. The van der Waals surface area contributed by atoms with E-state index < -0.39 is 6.04 Å². The Kier molecular flexibility index (Phi) is 2.98. The molecular formula is C14H14N2O2S. The lowest BCUT2D eigenvalue weighted by atomic mass is 10.1. The van der Waals surface area contributed by atoms with Gasteiger partial charge in [-0.05, 0) is 41.5 Å². The number of rotatable bonds is 2. The highest BCUT2D eigenvalue weighted by Crippen LogP contribution is 2.28. The molecule has 4 nitrogen and oxygen atoms in total. The SMILES string of the molecule is CCC1C(=O)NCC(=O)N1c1ccc2sccc2c1. The van der Waals surface area contributed by atoms with Gasteiger partial charge < -0.3 is 5.32 Å². The fraction of sp³-hybridized carbons (Fsp3) is 0.286. The molecule has 19 heavy (non-hydrogen) atoms. The van der Waals surface area contributed by atoms with E-state index in [1.54, 1.807) is 16.2 Å². The lowest BCUT2D eigenvalue weighted by molar-refractivity contribution is -0.131. The van der Waals surface area contributed by atoms with Crippen molar-refractivity contribution in [2.45, 2.75) is 19.4 Å². The normalized spacial score (nSPS) is 19.8. The summed E-state index contributed by atoms with van der Waals surface area (Å²) < 4.78 is 1.19. The van der Waals surface area contributed by atoms with E-state index in [0.717, 1.165) is 11.1 Å². The van der Waals surface area contributed by atoms with Crippen LogP contribution in [0.5, 0.6) is 0 Å². The fourth-order valence-corrected chi connectivity index (χ4v) is 3.22. The minimum atomic E-state index is -0.405. The Hall–Kier alpha value is -1.88. The third kappa shape index (κ3) is 2.00. The molecule has 1 unspecified atom stereocenters. The molecule has 1 N–H and O–H groups in total. The van der Waals surface area contributed by atoms with Crippen molar-refractivity contribution in [2.24, 2.45) is 0 Å².